The van der Waals surface area contributed by atoms with E-state index < -0.39 is 5.95 Å². The number of anilines is 1. The van der Waals surface area contributed by atoms with E-state index in [0.29, 0.717) is 35.0 Å². The Kier molecular flexibility index (Phi) is 5.14. The lowest BCUT2D eigenvalue weighted by atomic mass is 10.2. The summed E-state index contributed by atoms with van der Waals surface area (Å²) < 4.78 is 20.1. The van der Waals surface area contributed by atoms with Crippen LogP contribution in [0.1, 0.15) is 25.1 Å². The second-order valence-electron chi connectivity index (χ2n) is 6.72. The van der Waals surface area contributed by atoms with Gasteiger partial charge in [0.2, 0.25) is 17.7 Å². The number of aromatic nitrogens is 4. The third-order valence-corrected chi connectivity index (χ3v) is 5.47. The van der Waals surface area contributed by atoms with Crippen LogP contribution in [0.15, 0.2) is 24.5 Å². The van der Waals surface area contributed by atoms with Gasteiger partial charge in [-0.25, -0.2) is 4.98 Å². The topological polar surface area (TPSA) is 93.1 Å². The van der Waals surface area contributed by atoms with Crippen molar-refractivity contribution >= 4 is 33.5 Å². The quantitative estimate of drug-likeness (QED) is 0.701. The summed E-state index contributed by atoms with van der Waals surface area (Å²) in [6.07, 6.45) is 3.97. The van der Waals surface area contributed by atoms with Gasteiger partial charge in [0.15, 0.2) is 10.8 Å². The normalized spacial score (nSPS) is 19.8. The van der Waals surface area contributed by atoms with Crippen molar-refractivity contribution in [1.82, 2.24) is 24.8 Å². The summed E-state index contributed by atoms with van der Waals surface area (Å²) in [5.74, 6) is -0.306. The number of nitrogens with one attached hydrogen (secondary N) is 1. The summed E-state index contributed by atoms with van der Waals surface area (Å²) in [5.41, 5.74) is 1.26. The van der Waals surface area contributed by atoms with Gasteiger partial charge < -0.3 is 10.1 Å². The maximum Gasteiger partial charge on any atom is 0.230 e. The van der Waals surface area contributed by atoms with Crippen LogP contribution in [0.3, 0.4) is 0 Å². The van der Waals surface area contributed by atoms with Gasteiger partial charge in [0.1, 0.15) is 11.6 Å². The Hall–Kier alpha value is -2.72. The number of fused-ring (bicyclic) bond motifs is 1. The molecule has 2 unspecified atom stereocenters. The van der Waals surface area contributed by atoms with E-state index in [1.54, 1.807) is 18.5 Å². The highest BCUT2D eigenvalue weighted by Crippen LogP contribution is 2.28. The smallest absolute Gasteiger partial charge is 0.230 e. The molecule has 0 aromatic carbocycles. The van der Waals surface area contributed by atoms with Crippen LogP contribution in [0.5, 0.6) is 5.88 Å². The summed E-state index contributed by atoms with van der Waals surface area (Å²) in [6.45, 7) is 4.51. The third-order valence-electron chi connectivity index (χ3n) is 4.54. The summed E-state index contributed by atoms with van der Waals surface area (Å²) in [6, 6.07) is 3.83. The molecular weight excluding hydrogens is 383 g/mol. The second-order valence-corrected chi connectivity index (χ2v) is 7.80. The largest absolute Gasteiger partial charge is 0.473 e. The van der Waals surface area contributed by atoms with Gasteiger partial charge in [-0.3, -0.25) is 14.7 Å². The molecule has 4 heterocycles. The lowest BCUT2D eigenvalue weighted by Crippen LogP contribution is -2.28. The minimum absolute atomic E-state index is 0.0533. The predicted octanol–water partition coefficient (Wildman–Crippen LogP) is 2.62. The molecule has 1 saturated heterocycles. The Morgan fingerprint density at radius 1 is 1.36 bits per heavy atom. The van der Waals surface area contributed by atoms with Crippen LogP contribution in [0.4, 0.5) is 9.52 Å². The fourth-order valence-corrected chi connectivity index (χ4v) is 4.16. The van der Waals surface area contributed by atoms with Crippen molar-refractivity contribution in [1.29, 1.82) is 0 Å². The monoisotopic (exact) mass is 402 g/mol. The average Bonchev–Trinajstić information content (AvgIpc) is 3.16. The highest BCUT2D eigenvalue weighted by molar-refractivity contribution is 7.15. The van der Waals surface area contributed by atoms with Crippen LogP contribution in [0, 0.1) is 5.95 Å². The number of nitrogens with zero attached hydrogens (tertiary/aromatic N) is 5. The molecule has 8 nitrogen and oxygen atoms in total. The first kappa shape index (κ1) is 18.6. The first-order valence-corrected chi connectivity index (χ1v) is 9.71. The molecule has 0 aliphatic carbocycles. The van der Waals surface area contributed by atoms with Crippen LogP contribution in [0.2, 0.25) is 0 Å². The zero-order chi connectivity index (χ0) is 19.7. The average molecular weight is 402 g/mol. The second kappa shape index (κ2) is 7.72. The van der Waals surface area contributed by atoms with Gasteiger partial charge in [-0.05, 0) is 13.0 Å². The van der Waals surface area contributed by atoms with Crippen molar-refractivity contribution < 1.29 is 13.9 Å². The molecule has 146 valence electrons. The number of rotatable bonds is 5. The fraction of sp³-hybridized carbons (Fsp3) is 0.389. The number of halogens is 1. The molecule has 2 atom stereocenters. The molecule has 28 heavy (non-hydrogen) atoms. The lowest BCUT2D eigenvalue weighted by Gasteiger charge is -2.19. The highest BCUT2D eigenvalue weighted by atomic mass is 32.1. The van der Waals surface area contributed by atoms with Crippen LogP contribution < -0.4 is 10.1 Å². The van der Waals surface area contributed by atoms with Gasteiger partial charge in [0.25, 0.3) is 0 Å². The summed E-state index contributed by atoms with van der Waals surface area (Å²) in [7, 11) is 0. The van der Waals surface area contributed by atoms with Crippen LogP contribution >= 0.6 is 11.3 Å². The predicted molar refractivity (Wildman–Crippen MR) is 103 cm³/mol. The molecule has 1 fully saturated rings. The van der Waals surface area contributed by atoms with Gasteiger partial charge in [-0.1, -0.05) is 11.3 Å². The van der Waals surface area contributed by atoms with E-state index >= 15 is 0 Å². The number of hydrogen-bond acceptors (Lipinski definition) is 8. The Balaban J connectivity index is 1.41. The maximum atomic E-state index is 14.1. The molecule has 1 aliphatic heterocycles. The van der Waals surface area contributed by atoms with Crippen molar-refractivity contribution in [2.75, 3.05) is 11.9 Å². The minimum Gasteiger partial charge on any atom is -0.473 e. The molecule has 10 heteroatoms. The highest BCUT2D eigenvalue weighted by Gasteiger charge is 2.32. The zero-order valence-corrected chi connectivity index (χ0v) is 16.2. The lowest BCUT2D eigenvalue weighted by molar-refractivity contribution is -0.114. The van der Waals surface area contributed by atoms with E-state index in [0.717, 1.165) is 17.8 Å². The van der Waals surface area contributed by atoms with E-state index in [4.69, 9.17) is 4.74 Å². The SMILES string of the molecule is CC(=O)Nc1nc(F)c(CN2CC(Oc3ccc4nccnc4n3)CC2C)s1. The molecule has 0 radical (unpaired) electrons. The van der Waals surface area contributed by atoms with E-state index in [9.17, 15) is 9.18 Å². The van der Waals surface area contributed by atoms with Gasteiger partial charge in [0, 0.05) is 50.9 Å². The number of thiazole rings is 1. The van der Waals surface area contributed by atoms with E-state index in [1.807, 2.05) is 6.07 Å². The third kappa shape index (κ3) is 4.07. The van der Waals surface area contributed by atoms with Gasteiger partial charge >= 0.3 is 0 Å². The van der Waals surface area contributed by atoms with Crippen LogP contribution in [-0.4, -0.2) is 49.4 Å². The summed E-state index contributed by atoms with van der Waals surface area (Å²) >= 11 is 1.16. The number of hydrogen-bond donors (Lipinski definition) is 1. The van der Waals surface area contributed by atoms with Crippen LogP contribution in [-0.2, 0) is 11.3 Å². The molecule has 3 aromatic rings. The van der Waals surface area contributed by atoms with Crippen molar-refractivity contribution in [2.24, 2.45) is 0 Å². The number of amides is 1. The fourth-order valence-electron chi connectivity index (χ4n) is 3.24. The van der Waals surface area contributed by atoms with Gasteiger partial charge in [0.05, 0.1) is 4.88 Å². The molecule has 1 aliphatic rings. The molecule has 1 amide bonds. The number of pyridine rings is 1. The Morgan fingerprint density at radius 3 is 3.00 bits per heavy atom. The standard InChI is InChI=1S/C18H19FN6O2S/c1-10-7-12(27-15-4-3-13-17(23-15)21-6-5-20-13)8-25(10)9-14-16(19)24-18(28-14)22-11(2)26/h3-6,10,12H,7-9H2,1-2H3,(H,22,24,26). The first-order chi connectivity index (χ1) is 13.5. The van der Waals surface area contributed by atoms with Crippen molar-refractivity contribution in [3.8, 4) is 5.88 Å². The van der Waals surface area contributed by atoms with E-state index in [-0.39, 0.29) is 23.2 Å². The summed E-state index contributed by atoms with van der Waals surface area (Å²) in [4.78, 5) is 30.3. The molecule has 4 rings (SSSR count). The van der Waals surface area contributed by atoms with Crippen molar-refractivity contribution in [3.63, 3.8) is 0 Å². The molecule has 0 saturated carbocycles. The Labute approximate surface area is 164 Å². The molecule has 3 aromatic heterocycles. The van der Waals surface area contributed by atoms with Gasteiger partial charge in [-0.2, -0.15) is 14.4 Å². The molecular formula is C18H19FN6O2S. The Morgan fingerprint density at radius 2 is 2.18 bits per heavy atom. The minimum atomic E-state index is -0.542. The van der Waals surface area contributed by atoms with Crippen molar-refractivity contribution in [2.45, 2.75) is 39.0 Å². The zero-order valence-electron chi connectivity index (χ0n) is 15.4. The first-order valence-electron chi connectivity index (χ1n) is 8.89. The number of carbonyl (C=O) groups is 1. The number of likely N-dealkylation sites (tertiary alicyclic amines) is 1. The molecule has 1 N–H and O–H groups in total. The molecule has 0 spiro atoms. The number of ether oxygens (including phenoxy) is 1. The Bertz CT molecular complexity index is 1010. The van der Waals surface area contributed by atoms with E-state index in [1.165, 1.54) is 6.92 Å². The van der Waals surface area contributed by atoms with E-state index in [2.05, 4.69) is 37.1 Å². The number of carbonyl (C=O) groups excluding carboxylic acids is 1. The van der Waals surface area contributed by atoms with Crippen LogP contribution in [0.25, 0.3) is 11.2 Å². The maximum absolute atomic E-state index is 14.1. The molecule has 0 bridgehead atoms. The van der Waals surface area contributed by atoms with Crippen molar-refractivity contribution in [3.05, 3.63) is 35.4 Å². The summed E-state index contributed by atoms with van der Waals surface area (Å²) in [5, 5.41) is 2.80. The van der Waals surface area contributed by atoms with Gasteiger partial charge in [-0.15, -0.1) is 0 Å².